The Morgan fingerprint density at radius 1 is 0.960 bits per heavy atom. The van der Waals surface area contributed by atoms with Crippen LogP contribution in [0, 0.1) is 5.82 Å². The highest BCUT2D eigenvalue weighted by atomic mass is 19.1. The molecule has 0 atom stereocenters. The van der Waals surface area contributed by atoms with Gasteiger partial charge in [0, 0.05) is 12.1 Å². The smallest absolute Gasteiger partial charge is 0.256 e. The lowest BCUT2D eigenvalue weighted by atomic mass is 10.2. The first-order chi connectivity index (χ1) is 11.8. The summed E-state index contributed by atoms with van der Waals surface area (Å²) in [6.07, 6.45) is 0. The van der Waals surface area contributed by atoms with Gasteiger partial charge in [0.05, 0.1) is 12.1 Å². The molecule has 0 saturated heterocycles. The van der Waals surface area contributed by atoms with Gasteiger partial charge in [-0.25, -0.2) is 14.5 Å². The van der Waals surface area contributed by atoms with E-state index >= 15 is 0 Å². The van der Waals surface area contributed by atoms with Crippen molar-refractivity contribution in [2.75, 3.05) is 15.4 Å². The molecule has 0 saturated carbocycles. The number of hydrogen-bond acceptors (Lipinski definition) is 8. The van der Waals surface area contributed by atoms with Crippen LogP contribution in [0.1, 0.15) is 33.3 Å². The molecule has 136 valence electrons. The summed E-state index contributed by atoms with van der Waals surface area (Å²) in [4.78, 5) is 12.3. The lowest BCUT2D eigenvalue weighted by molar-refractivity contribution is 0.214. The number of hydroxylamine groups is 2. The minimum absolute atomic E-state index is 0.0178. The van der Waals surface area contributed by atoms with Crippen molar-refractivity contribution in [3.63, 3.8) is 0 Å². The molecule has 2 aromatic rings. The zero-order valence-electron chi connectivity index (χ0n) is 14.7. The summed E-state index contributed by atoms with van der Waals surface area (Å²) in [6, 6.07) is 5.79. The number of anilines is 3. The molecule has 0 aliphatic carbocycles. The fourth-order valence-corrected chi connectivity index (χ4v) is 1.92. The molecule has 1 aromatic carbocycles. The van der Waals surface area contributed by atoms with Crippen molar-refractivity contribution < 1.29 is 14.8 Å². The second kappa shape index (κ2) is 8.04. The van der Waals surface area contributed by atoms with Gasteiger partial charge in [0.2, 0.25) is 5.95 Å². The standard InChI is InChI=1S/C16H23FN6O2/c1-10(2)22(24)15-19-14(20-16(21-15)23(25)11(3)4)18-9-12-7-5-6-8-13(12)17/h5-8,10-11,24-25H,9H2,1-4H3,(H,18,19,20,21). The summed E-state index contributed by atoms with van der Waals surface area (Å²) in [6.45, 7) is 7.18. The molecule has 0 fully saturated rings. The van der Waals surface area contributed by atoms with Gasteiger partial charge in [0.25, 0.3) is 11.9 Å². The highest BCUT2D eigenvalue weighted by molar-refractivity contribution is 5.43. The Morgan fingerprint density at radius 2 is 1.48 bits per heavy atom. The lowest BCUT2D eigenvalue weighted by Gasteiger charge is -2.23. The maximum Gasteiger partial charge on any atom is 0.256 e. The number of nitrogens with zero attached hydrogens (tertiary/aromatic N) is 5. The van der Waals surface area contributed by atoms with Crippen LogP contribution < -0.4 is 15.4 Å². The molecule has 9 heteroatoms. The molecule has 0 unspecified atom stereocenters. The van der Waals surface area contributed by atoms with E-state index in [-0.39, 0.29) is 42.3 Å². The highest BCUT2D eigenvalue weighted by Crippen LogP contribution is 2.18. The monoisotopic (exact) mass is 350 g/mol. The molecule has 1 aromatic heterocycles. The minimum atomic E-state index is -0.346. The van der Waals surface area contributed by atoms with Crippen LogP contribution in [0.4, 0.5) is 22.2 Å². The Kier molecular flexibility index (Phi) is 6.05. The van der Waals surface area contributed by atoms with Gasteiger partial charge in [-0.05, 0) is 33.8 Å². The molecule has 2 rings (SSSR count). The zero-order valence-corrected chi connectivity index (χ0v) is 14.7. The van der Waals surface area contributed by atoms with E-state index in [9.17, 15) is 14.8 Å². The molecule has 1 heterocycles. The van der Waals surface area contributed by atoms with Crippen molar-refractivity contribution >= 4 is 17.8 Å². The van der Waals surface area contributed by atoms with Crippen LogP contribution in [0.2, 0.25) is 0 Å². The molecule has 0 aliphatic heterocycles. The molecule has 0 bridgehead atoms. The summed E-state index contributed by atoms with van der Waals surface area (Å²) in [5.74, 6) is -0.268. The third kappa shape index (κ3) is 4.74. The van der Waals surface area contributed by atoms with Gasteiger partial charge in [-0.2, -0.15) is 15.0 Å². The van der Waals surface area contributed by atoms with Crippen LogP contribution in [0.25, 0.3) is 0 Å². The second-order valence-electron chi connectivity index (χ2n) is 6.08. The largest absolute Gasteiger partial charge is 0.350 e. The van der Waals surface area contributed by atoms with Crippen molar-refractivity contribution in [3.05, 3.63) is 35.6 Å². The molecule has 0 aliphatic rings. The van der Waals surface area contributed by atoms with E-state index in [2.05, 4.69) is 20.3 Å². The SMILES string of the molecule is CC(C)N(O)c1nc(NCc2ccccc2F)nc(N(O)C(C)C)n1. The van der Waals surface area contributed by atoms with Gasteiger partial charge in [-0.1, -0.05) is 18.2 Å². The average molecular weight is 350 g/mol. The van der Waals surface area contributed by atoms with Gasteiger partial charge in [-0.3, -0.25) is 10.4 Å². The third-order valence-electron chi connectivity index (χ3n) is 3.39. The van der Waals surface area contributed by atoms with E-state index in [4.69, 9.17) is 0 Å². The lowest BCUT2D eigenvalue weighted by Crippen LogP contribution is -2.32. The summed E-state index contributed by atoms with van der Waals surface area (Å²) in [5, 5.41) is 24.8. The first-order valence-corrected chi connectivity index (χ1v) is 7.99. The fourth-order valence-electron chi connectivity index (χ4n) is 1.92. The molecule has 8 nitrogen and oxygen atoms in total. The van der Waals surface area contributed by atoms with Gasteiger partial charge in [0.1, 0.15) is 5.82 Å². The number of rotatable bonds is 7. The fraction of sp³-hybridized carbons (Fsp3) is 0.438. The predicted octanol–water partition coefficient (Wildman–Crippen LogP) is 2.83. The topological polar surface area (TPSA) is 97.6 Å². The highest BCUT2D eigenvalue weighted by Gasteiger charge is 2.19. The Morgan fingerprint density at radius 3 is 1.96 bits per heavy atom. The molecule has 0 amide bonds. The van der Waals surface area contributed by atoms with Crippen molar-refractivity contribution in [1.82, 2.24) is 15.0 Å². The molecule has 25 heavy (non-hydrogen) atoms. The van der Waals surface area contributed by atoms with E-state index in [1.807, 2.05) is 0 Å². The van der Waals surface area contributed by atoms with Crippen LogP contribution in [-0.2, 0) is 6.54 Å². The molecular weight excluding hydrogens is 327 g/mol. The van der Waals surface area contributed by atoms with Gasteiger partial charge >= 0.3 is 0 Å². The number of aromatic nitrogens is 3. The van der Waals surface area contributed by atoms with Crippen molar-refractivity contribution in [2.45, 2.75) is 46.3 Å². The van der Waals surface area contributed by atoms with Crippen LogP contribution in [-0.4, -0.2) is 37.5 Å². The number of hydrogen-bond donors (Lipinski definition) is 3. The van der Waals surface area contributed by atoms with Crippen LogP contribution >= 0.6 is 0 Å². The van der Waals surface area contributed by atoms with Crippen molar-refractivity contribution in [2.24, 2.45) is 0 Å². The van der Waals surface area contributed by atoms with Gasteiger partial charge in [0.15, 0.2) is 0 Å². The molecular formula is C16H23FN6O2. The third-order valence-corrected chi connectivity index (χ3v) is 3.39. The van der Waals surface area contributed by atoms with E-state index in [0.717, 1.165) is 10.1 Å². The molecule has 0 radical (unpaired) electrons. The average Bonchev–Trinajstić information content (AvgIpc) is 2.59. The normalized spacial score (nSPS) is 11.1. The minimum Gasteiger partial charge on any atom is -0.350 e. The summed E-state index contributed by atoms with van der Waals surface area (Å²) in [7, 11) is 0. The first kappa shape index (κ1) is 18.8. The van der Waals surface area contributed by atoms with Crippen LogP contribution in [0.5, 0.6) is 0 Å². The maximum absolute atomic E-state index is 13.7. The maximum atomic E-state index is 13.7. The van der Waals surface area contributed by atoms with Crippen molar-refractivity contribution in [3.8, 4) is 0 Å². The van der Waals surface area contributed by atoms with Gasteiger partial charge in [-0.15, -0.1) is 0 Å². The van der Waals surface area contributed by atoms with Gasteiger partial charge < -0.3 is 5.32 Å². The molecule has 0 spiro atoms. The molecule has 3 N–H and O–H groups in total. The zero-order chi connectivity index (χ0) is 18.6. The number of nitrogens with one attached hydrogen (secondary N) is 1. The van der Waals surface area contributed by atoms with E-state index in [0.29, 0.717) is 5.56 Å². The number of benzene rings is 1. The summed E-state index contributed by atoms with van der Waals surface area (Å²) >= 11 is 0. The Balaban J connectivity index is 2.30. The Labute approximate surface area is 145 Å². The van der Waals surface area contributed by atoms with Crippen LogP contribution in [0.15, 0.2) is 24.3 Å². The Hall–Kier alpha value is -2.52. The van der Waals surface area contributed by atoms with E-state index in [1.165, 1.54) is 6.07 Å². The number of halogens is 1. The predicted molar refractivity (Wildman–Crippen MR) is 92.4 cm³/mol. The van der Waals surface area contributed by atoms with E-state index in [1.54, 1.807) is 45.9 Å². The second-order valence-corrected chi connectivity index (χ2v) is 6.08. The first-order valence-electron chi connectivity index (χ1n) is 7.99. The quantitative estimate of drug-likeness (QED) is 0.656. The summed E-state index contributed by atoms with van der Waals surface area (Å²) in [5.41, 5.74) is 0.445. The van der Waals surface area contributed by atoms with Crippen LogP contribution in [0.3, 0.4) is 0 Å². The Bertz CT molecular complexity index is 681. The van der Waals surface area contributed by atoms with E-state index < -0.39 is 0 Å². The van der Waals surface area contributed by atoms with Crippen molar-refractivity contribution in [1.29, 1.82) is 0 Å². The summed E-state index contributed by atoms with van der Waals surface area (Å²) < 4.78 is 13.7.